The smallest absolute Gasteiger partial charge is 0.151 e. The van der Waals surface area contributed by atoms with E-state index in [9.17, 15) is 0 Å². The molecule has 2 fully saturated rings. The van der Waals surface area contributed by atoms with Gasteiger partial charge in [-0.2, -0.15) is 0 Å². The molecule has 3 heterocycles. The maximum absolute atomic E-state index is 6.26. The van der Waals surface area contributed by atoms with Gasteiger partial charge in [0.15, 0.2) is 11.6 Å². The van der Waals surface area contributed by atoms with E-state index in [1.165, 1.54) is 51.6 Å². The number of aromatic nitrogens is 3. The van der Waals surface area contributed by atoms with E-state index >= 15 is 0 Å². The van der Waals surface area contributed by atoms with Crippen molar-refractivity contribution in [2.45, 2.75) is 90.1 Å². The van der Waals surface area contributed by atoms with Crippen LogP contribution in [0.3, 0.4) is 0 Å². The molecule has 0 saturated carbocycles. The van der Waals surface area contributed by atoms with Crippen LogP contribution < -0.4 is 5.84 Å². The molecule has 2 N–H and O–H groups in total. The van der Waals surface area contributed by atoms with Crippen LogP contribution in [0, 0.1) is 0 Å². The van der Waals surface area contributed by atoms with E-state index < -0.39 is 0 Å². The molecule has 2 aliphatic rings. The number of nitrogens with zero attached hydrogens (tertiary/aromatic N) is 5. The van der Waals surface area contributed by atoms with Crippen molar-refractivity contribution in [3.63, 3.8) is 0 Å². The van der Waals surface area contributed by atoms with Crippen molar-refractivity contribution >= 4 is 0 Å². The fourth-order valence-corrected chi connectivity index (χ4v) is 4.56. The molecule has 3 rings (SSSR count). The number of nitrogen functional groups attached to an aromatic ring is 1. The third-order valence-corrected chi connectivity index (χ3v) is 6.41. The van der Waals surface area contributed by atoms with Crippen LogP contribution in [0.25, 0.3) is 0 Å². The Kier molecular flexibility index (Phi) is 7.32. The van der Waals surface area contributed by atoms with Crippen LogP contribution in [0.2, 0.25) is 0 Å². The number of hydrogen-bond donors (Lipinski definition) is 1. The first-order valence-electron chi connectivity index (χ1n) is 10.8. The van der Waals surface area contributed by atoms with E-state index in [2.05, 4.69) is 33.8 Å². The molecule has 1 aromatic heterocycles. The first kappa shape index (κ1) is 19.6. The third-order valence-electron chi connectivity index (χ3n) is 6.41. The second-order valence-corrected chi connectivity index (χ2v) is 8.37. The summed E-state index contributed by atoms with van der Waals surface area (Å²) in [5.41, 5.74) is 0. The lowest BCUT2D eigenvalue weighted by molar-refractivity contribution is 0.158. The maximum atomic E-state index is 6.26. The average molecular weight is 363 g/mol. The molecule has 2 unspecified atom stereocenters. The van der Waals surface area contributed by atoms with Crippen LogP contribution in [0.5, 0.6) is 0 Å². The lowest BCUT2D eigenvalue weighted by atomic mass is 10.0. The molecule has 26 heavy (non-hydrogen) atoms. The Bertz CT molecular complexity index is 497. The Balaban J connectivity index is 1.39. The van der Waals surface area contributed by atoms with Crippen molar-refractivity contribution in [1.82, 2.24) is 24.7 Å². The van der Waals surface area contributed by atoms with Gasteiger partial charge in [0.05, 0.1) is 0 Å². The number of hydrogen-bond acceptors (Lipinski definition) is 5. The minimum absolute atomic E-state index is 0.729. The number of likely N-dealkylation sites (tertiary alicyclic amines) is 2. The first-order chi connectivity index (χ1) is 12.6. The second-order valence-electron chi connectivity index (χ2n) is 8.37. The number of aryl methyl sites for hydroxylation is 2. The number of piperidine rings is 2. The van der Waals surface area contributed by atoms with Crippen LogP contribution >= 0.6 is 0 Å². The van der Waals surface area contributed by atoms with Crippen molar-refractivity contribution in [1.29, 1.82) is 0 Å². The molecule has 148 valence electrons. The molecule has 6 nitrogen and oxygen atoms in total. The van der Waals surface area contributed by atoms with E-state index in [0.717, 1.165) is 62.5 Å². The van der Waals surface area contributed by atoms with Crippen molar-refractivity contribution in [2.24, 2.45) is 0 Å². The lowest BCUT2D eigenvalue weighted by Gasteiger charge is -2.33. The van der Waals surface area contributed by atoms with E-state index in [-0.39, 0.29) is 0 Å². The summed E-state index contributed by atoms with van der Waals surface area (Å²) in [6, 6.07) is 1.46. The van der Waals surface area contributed by atoms with Gasteiger partial charge in [0.25, 0.3) is 0 Å². The standard InChI is InChI=1S/C20H38N6/c1-17-9-3-5-13-24(17)15-7-11-19-22-23-20(26(19)21)12-8-16-25-14-6-4-10-18(25)2/h17-18H,3-16,21H2,1-2H3. The minimum Gasteiger partial charge on any atom is -0.336 e. The zero-order valence-electron chi connectivity index (χ0n) is 16.9. The van der Waals surface area contributed by atoms with Crippen LogP contribution in [0.1, 0.15) is 76.9 Å². The number of nitrogens with two attached hydrogens (primary N) is 1. The Morgan fingerprint density at radius 3 is 1.69 bits per heavy atom. The fraction of sp³-hybridized carbons (Fsp3) is 0.900. The van der Waals surface area contributed by atoms with Crippen molar-refractivity contribution in [2.75, 3.05) is 32.0 Å². The Labute approximate surface area is 159 Å². The van der Waals surface area contributed by atoms with Gasteiger partial charge in [-0.15, -0.1) is 10.2 Å². The SMILES string of the molecule is CC1CCCCN1CCCc1nnc(CCCN2CCCCC2C)n1N. The molecule has 0 spiro atoms. The van der Waals surface area contributed by atoms with E-state index in [1.807, 2.05) is 0 Å². The molecule has 0 amide bonds. The minimum atomic E-state index is 0.729. The second kappa shape index (κ2) is 9.70. The summed E-state index contributed by atoms with van der Waals surface area (Å²) >= 11 is 0. The van der Waals surface area contributed by atoms with Gasteiger partial charge in [0.1, 0.15) is 0 Å². The van der Waals surface area contributed by atoms with E-state index in [1.54, 1.807) is 4.68 Å². The molecular weight excluding hydrogens is 324 g/mol. The Morgan fingerprint density at radius 2 is 1.27 bits per heavy atom. The van der Waals surface area contributed by atoms with Gasteiger partial charge in [-0.3, -0.25) is 0 Å². The summed E-state index contributed by atoms with van der Waals surface area (Å²) in [7, 11) is 0. The maximum Gasteiger partial charge on any atom is 0.151 e. The highest BCUT2D eigenvalue weighted by Crippen LogP contribution is 2.18. The zero-order valence-corrected chi connectivity index (χ0v) is 16.9. The van der Waals surface area contributed by atoms with Crippen LogP contribution in [0.15, 0.2) is 0 Å². The topological polar surface area (TPSA) is 63.2 Å². The molecule has 2 saturated heterocycles. The Morgan fingerprint density at radius 1 is 0.808 bits per heavy atom. The summed E-state index contributed by atoms with van der Waals surface area (Å²) in [4.78, 5) is 5.23. The normalized spacial score (nSPS) is 25.6. The molecule has 2 aliphatic heterocycles. The first-order valence-corrected chi connectivity index (χ1v) is 10.8. The molecule has 0 aliphatic carbocycles. The molecule has 2 atom stereocenters. The number of rotatable bonds is 8. The predicted octanol–water partition coefficient (Wildman–Crippen LogP) is 2.61. The molecule has 0 radical (unpaired) electrons. The molecule has 0 bridgehead atoms. The quantitative estimate of drug-likeness (QED) is 0.720. The molecule has 0 aromatic carbocycles. The molecular formula is C20H38N6. The van der Waals surface area contributed by atoms with E-state index in [0.29, 0.717) is 0 Å². The zero-order chi connectivity index (χ0) is 18.4. The van der Waals surface area contributed by atoms with Crippen LogP contribution in [0.4, 0.5) is 0 Å². The Hall–Kier alpha value is -1.14. The van der Waals surface area contributed by atoms with E-state index in [4.69, 9.17) is 5.84 Å². The summed E-state index contributed by atoms with van der Waals surface area (Å²) in [5.74, 6) is 8.14. The molecule has 6 heteroatoms. The third kappa shape index (κ3) is 5.19. The largest absolute Gasteiger partial charge is 0.336 e. The highest BCUT2D eigenvalue weighted by Gasteiger charge is 2.19. The summed E-state index contributed by atoms with van der Waals surface area (Å²) in [6.07, 6.45) is 12.2. The summed E-state index contributed by atoms with van der Waals surface area (Å²) in [6.45, 7) is 9.50. The average Bonchev–Trinajstić information content (AvgIpc) is 2.99. The van der Waals surface area contributed by atoms with Gasteiger partial charge < -0.3 is 15.6 Å². The van der Waals surface area contributed by atoms with Crippen molar-refractivity contribution in [3.8, 4) is 0 Å². The van der Waals surface area contributed by atoms with Crippen LogP contribution in [-0.4, -0.2) is 62.9 Å². The predicted molar refractivity (Wildman–Crippen MR) is 107 cm³/mol. The molecule has 1 aromatic rings. The van der Waals surface area contributed by atoms with Gasteiger partial charge >= 0.3 is 0 Å². The highest BCUT2D eigenvalue weighted by molar-refractivity contribution is 4.97. The van der Waals surface area contributed by atoms with Crippen LogP contribution in [-0.2, 0) is 12.8 Å². The van der Waals surface area contributed by atoms with Gasteiger partial charge in [0, 0.05) is 24.9 Å². The lowest BCUT2D eigenvalue weighted by Crippen LogP contribution is -2.38. The summed E-state index contributed by atoms with van der Waals surface area (Å²) in [5, 5.41) is 8.71. The van der Waals surface area contributed by atoms with Crippen molar-refractivity contribution < 1.29 is 0 Å². The highest BCUT2D eigenvalue weighted by atomic mass is 15.4. The van der Waals surface area contributed by atoms with Crippen molar-refractivity contribution in [3.05, 3.63) is 11.6 Å². The monoisotopic (exact) mass is 362 g/mol. The van der Waals surface area contributed by atoms with Gasteiger partial charge in [-0.25, -0.2) is 4.68 Å². The van der Waals surface area contributed by atoms with Gasteiger partial charge in [-0.05, 0) is 78.6 Å². The summed E-state index contributed by atoms with van der Waals surface area (Å²) < 4.78 is 1.75. The van der Waals surface area contributed by atoms with Gasteiger partial charge in [0.2, 0.25) is 0 Å². The fourth-order valence-electron chi connectivity index (χ4n) is 4.56. The van der Waals surface area contributed by atoms with Gasteiger partial charge in [-0.1, -0.05) is 12.8 Å².